The summed E-state index contributed by atoms with van der Waals surface area (Å²) in [4.78, 5) is 12.7. The molecular weight excluding hydrogens is 512 g/mol. The number of aliphatic hydroxyl groups excluding tert-OH is 1. The summed E-state index contributed by atoms with van der Waals surface area (Å²) in [5.74, 6) is -6.29. The maximum absolute atomic E-state index is 15.2. The normalized spacial score (nSPS) is 24.2. The molecule has 1 atom stereocenters. The fourth-order valence-corrected chi connectivity index (χ4v) is 5.91. The van der Waals surface area contributed by atoms with Gasteiger partial charge in [-0.15, -0.1) is 6.58 Å². The van der Waals surface area contributed by atoms with E-state index in [1.807, 2.05) is 0 Å². The molecule has 0 radical (unpaired) electrons. The van der Waals surface area contributed by atoms with Gasteiger partial charge in [-0.25, -0.2) is 8.78 Å². The third-order valence-electron chi connectivity index (χ3n) is 8.34. The molecule has 8 heteroatoms. The molecule has 39 heavy (non-hydrogen) atoms. The van der Waals surface area contributed by atoms with Crippen LogP contribution in [-0.2, 0) is 4.79 Å². The number of benzene rings is 2. The number of rotatable bonds is 9. The SMILES string of the molecule is C=CCCOc1ccc(OC(=O)C2CCC(c3ccc(C4CCC(C(C)O)CC4)c(F)c3F)CC2)c(F)c1F. The predicted octanol–water partition coefficient (Wildman–Crippen LogP) is 7.73. The van der Waals surface area contributed by atoms with E-state index >= 15 is 8.78 Å². The molecule has 0 amide bonds. The van der Waals surface area contributed by atoms with Gasteiger partial charge in [-0.3, -0.25) is 4.79 Å². The largest absolute Gasteiger partial charge is 0.490 e. The van der Waals surface area contributed by atoms with Crippen LogP contribution in [0.2, 0.25) is 0 Å². The summed E-state index contributed by atoms with van der Waals surface area (Å²) in [6.07, 6.45) is 6.29. The molecule has 2 aromatic carbocycles. The number of carbonyl (C=O) groups excluding carboxylic acids is 1. The number of hydrogen-bond donors (Lipinski definition) is 1. The average Bonchev–Trinajstić information content (AvgIpc) is 2.94. The summed E-state index contributed by atoms with van der Waals surface area (Å²) >= 11 is 0. The molecule has 0 bridgehead atoms. The summed E-state index contributed by atoms with van der Waals surface area (Å²) in [6, 6.07) is 5.71. The summed E-state index contributed by atoms with van der Waals surface area (Å²) in [6.45, 7) is 5.44. The van der Waals surface area contributed by atoms with Gasteiger partial charge in [0.25, 0.3) is 0 Å². The van der Waals surface area contributed by atoms with E-state index < -0.39 is 47.0 Å². The smallest absolute Gasteiger partial charge is 0.314 e. The van der Waals surface area contributed by atoms with Crippen molar-refractivity contribution in [2.45, 2.75) is 82.7 Å². The summed E-state index contributed by atoms with van der Waals surface area (Å²) in [5, 5.41) is 9.80. The Morgan fingerprint density at radius 2 is 1.38 bits per heavy atom. The van der Waals surface area contributed by atoms with Crippen LogP contribution in [0.3, 0.4) is 0 Å². The minimum atomic E-state index is -1.30. The number of esters is 1. The van der Waals surface area contributed by atoms with Crippen LogP contribution in [0.1, 0.15) is 87.7 Å². The van der Waals surface area contributed by atoms with Gasteiger partial charge in [0, 0.05) is 0 Å². The van der Waals surface area contributed by atoms with Crippen molar-refractivity contribution in [3.8, 4) is 11.5 Å². The van der Waals surface area contributed by atoms with E-state index in [-0.39, 0.29) is 30.1 Å². The maximum atomic E-state index is 15.2. The van der Waals surface area contributed by atoms with E-state index in [9.17, 15) is 18.7 Å². The Labute approximate surface area is 227 Å². The van der Waals surface area contributed by atoms with Crippen molar-refractivity contribution in [2.75, 3.05) is 6.61 Å². The maximum Gasteiger partial charge on any atom is 0.314 e. The predicted molar refractivity (Wildman–Crippen MR) is 140 cm³/mol. The Morgan fingerprint density at radius 1 is 0.872 bits per heavy atom. The molecule has 0 aromatic heterocycles. The highest BCUT2D eigenvalue weighted by Crippen LogP contribution is 2.42. The molecule has 0 heterocycles. The van der Waals surface area contributed by atoms with E-state index in [2.05, 4.69) is 6.58 Å². The van der Waals surface area contributed by atoms with Crippen molar-refractivity contribution >= 4 is 5.97 Å². The van der Waals surface area contributed by atoms with Gasteiger partial charge in [0.1, 0.15) is 0 Å². The lowest BCUT2D eigenvalue weighted by atomic mass is 9.75. The molecule has 4 nitrogen and oxygen atoms in total. The van der Waals surface area contributed by atoms with Crippen LogP contribution < -0.4 is 9.47 Å². The first-order chi connectivity index (χ1) is 18.7. The van der Waals surface area contributed by atoms with E-state index in [1.165, 1.54) is 6.07 Å². The zero-order valence-corrected chi connectivity index (χ0v) is 22.2. The van der Waals surface area contributed by atoms with Crippen molar-refractivity contribution in [3.63, 3.8) is 0 Å². The fourth-order valence-electron chi connectivity index (χ4n) is 5.91. The van der Waals surface area contributed by atoms with Crippen molar-refractivity contribution in [2.24, 2.45) is 11.8 Å². The number of ether oxygens (including phenoxy) is 2. The molecule has 212 valence electrons. The van der Waals surface area contributed by atoms with Crippen molar-refractivity contribution in [1.29, 1.82) is 0 Å². The molecule has 1 N–H and O–H groups in total. The second kappa shape index (κ2) is 13.0. The Balaban J connectivity index is 1.34. The van der Waals surface area contributed by atoms with Crippen LogP contribution in [-0.4, -0.2) is 23.8 Å². The molecule has 2 aliphatic rings. The third-order valence-corrected chi connectivity index (χ3v) is 8.34. The molecule has 1 unspecified atom stereocenters. The van der Waals surface area contributed by atoms with Gasteiger partial charge in [-0.1, -0.05) is 18.2 Å². The zero-order valence-electron chi connectivity index (χ0n) is 22.2. The minimum Gasteiger partial charge on any atom is -0.490 e. The number of aliphatic hydroxyl groups is 1. The van der Waals surface area contributed by atoms with Crippen LogP contribution in [0.15, 0.2) is 36.9 Å². The number of carbonyl (C=O) groups is 1. The quantitative estimate of drug-likeness (QED) is 0.115. The van der Waals surface area contributed by atoms with Crippen LogP contribution in [0.4, 0.5) is 17.6 Å². The lowest BCUT2D eigenvalue weighted by Gasteiger charge is -2.31. The zero-order chi connectivity index (χ0) is 28.1. The van der Waals surface area contributed by atoms with Crippen molar-refractivity contribution in [1.82, 2.24) is 0 Å². The monoisotopic (exact) mass is 548 g/mol. The van der Waals surface area contributed by atoms with E-state index in [0.29, 0.717) is 56.1 Å². The highest BCUT2D eigenvalue weighted by Gasteiger charge is 2.33. The van der Waals surface area contributed by atoms with Crippen LogP contribution in [0.25, 0.3) is 0 Å². The van der Waals surface area contributed by atoms with Gasteiger partial charge >= 0.3 is 5.97 Å². The highest BCUT2D eigenvalue weighted by molar-refractivity contribution is 5.75. The molecule has 2 fully saturated rings. The first-order valence-electron chi connectivity index (χ1n) is 13.8. The van der Waals surface area contributed by atoms with E-state index in [1.54, 1.807) is 25.1 Å². The minimum absolute atomic E-state index is 0.0629. The topological polar surface area (TPSA) is 55.8 Å². The van der Waals surface area contributed by atoms with Crippen LogP contribution in [0, 0.1) is 35.1 Å². The van der Waals surface area contributed by atoms with Gasteiger partial charge < -0.3 is 14.6 Å². The van der Waals surface area contributed by atoms with Gasteiger partial charge in [-0.05, 0) is 106 Å². The summed E-state index contributed by atoms with van der Waals surface area (Å²) < 4.78 is 69.3. The van der Waals surface area contributed by atoms with Gasteiger partial charge in [0.2, 0.25) is 11.6 Å². The van der Waals surface area contributed by atoms with E-state index in [4.69, 9.17) is 9.47 Å². The van der Waals surface area contributed by atoms with Crippen molar-refractivity contribution in [3.05, 3.63) is 71.3 Å². The first kappa shape index (κ1) is 29.1. The Morgan fingerprint density at radius 3 is 1.92 bits per heavy atom. The number of halogens is 4. The van der Waals surface area contributed by atoms with E-state index in [0.717, 1.165) is 18.9 Å². The second-order valence-electron chi connectivity index (χ2n) is 10.8. The third kappa shape index (κ3) is 6.65. The molecule has 2 aliphatic carbocycles. The van der Waals surface area contributed by atoms with Gasteiger partial charge in [0.05, 0.1) is 18.6 Å². The molecule has 0 saturated heterocycles. The molecule has 0 aliphatic heterocycles. The molecule has 4 rings (SSSR count). The molecule has 2 saturated carbocycles. The van der Waals surface area contributed by atoms with Crippen LogP contribution in [0.5, 0.6) is 11.5 Å². The summed E-state index contributed by atoms with van der Waals surface area (Å²) in [7, 11) is 0. The Kier molecular flexibility index (Phi) is 9.70. The summed E-state index contributed by atoms with van der Waals surface area (Å²) in [5.41, 5.74) is 0.699. The van der Waals surface area contributed by atoms with Gasteiger partial charge in [-0.2, -0.15) is 8.78 Å². The first-order valence-corrected chi connectivity index (χ1v) is 13.8. The lowest BCUT2D eigenvalue weighted by molar-refractivity contribution is -0.140. The Bertz CT molecular complexity index is 1170. The highest BCUT2D eigenvalue weighted by atomic mass is 19.2. The molecule has 2 aromatic rings. The Hall–Kier alpha value is -2.87. The fraction of sp³-hybridized carbons (Fsp3) is 0.516. The lowest BCUT2D eigenvalue weighted by Crippen LogP contribution is -2.26. The van der Waals surface area contributed by atoms with Gasteiger partial charge in [0.15, 0.2) is 23.1 Å². The van der Waals surface area contributed by atoms with Crippen LogP contribution >= 0.6 is 0 Å². The number of hydrogen-bond acceptors (Lipinski definition) is 4. The average molecular weight is 549 g/mol. The standard InChI is InChI=1S/C31H36F4O4/c1-3-4-17-38-25-15-16-26(30(35)29(25)34)39-31(37)22-11-9-21(10-12-22)24-14-13-23(27(32)28(24)33)20-7-5-19(6-8-20)18(2)36/h3,13-16,18-22,36H,1,4-12,17H2,2H3. The second-order valence-corrected chi connectivity index (χ2v) is 10.8. The molecular formula is C31H36F4O4. The van der Waals surface area contributed by atoms with Crippen molar-refractivity contribution < 1.29 is 36.9 Å². The molecule has 0 spiro atoms.